The van der Waals surface area contributed by atoms with Crippen LogP contribution in [0.3, 0.4) is 0 Å². The third-order valence-corrected chi connectivity index (χ3v) is 6.25. The average molecular weight is 394 g/mol. The number of sulfonamides is 1. The summed E-state index contributed by atoms with van der Waals surface area (Å²) in [5, 5.41) is 6.87. The number of nitrogens with one attached hydrogen (secondary N) is 1. The summed E-state index contributed by atoms with van der Waals surface area (Å²) in [6.45, 7) is 4.46. The molecule has 1 unspecified atom stereocenters. The molecule has 1 aliphatic heterocycles. The Morgan fingerprint density at radius 3 is 2.52 bits per heavy atom. The summed E-state index contributed by atoms with van der Waals surface area (Å²) < 4.78 is 28.0. The fourth-order valence-corrected chi connectivity index (χ4v) is 4.36. The summed E-state index contributed by atoms with van der Waals surface area (Å²) in [5.41, 5.74) is 5.15. The number of aromatic nitrogens is 2. The molecule has 144 valence electrons. The standard InChI is InChI=1S/C15H27N5O3S.ClH/c1-4-7-15(2,16)14(21)18-12-5-8-20(9-6-12)24(22,23)13-10-17-19(3)11-13;/h10-12H,4-9,16H2,1-3H3,(H,18,21);1H. The van der Waals surface area contributed by atoms with Gasteiger partial charge in [0.05, 0.1) is 11.7 Å². The summed E-state index contributed by atoms with van der Waals surface area (Å²) in [6, 6.07) is -0.0439. The van der Waals surface area contributed by atoms with Crippen molar-refractivity contribution in [2.75, 3.05) is 13.1 Å². The molecule has 1 saturated heterocycles. The van der Waals surface area contributed by atoms with E-state index in [1.807, 2.05) is 6.92 Å². The Labute approximate surface area is 155 Å². The van der Waals surface area contributed by atoms with Crippen LogP contribution in [0.25, 0.3) is 0 Å². The van der Waals surface area contributed by atoms with Gasteiger partial charge in [-0.1, -0.05) is 13.3 Å². The molecule has 3 N–H and O–H groups in total. The molecule has 1 aromatic heterocycles. The molecular formula is C15H28ClN5O3S. The molecule has 0 spiro atoms. The molecule has 10 heteroatoms. The SMILES string of the molecule is CCCC(C)(N)C(=O)NC1CCN(S(=O)(=O)c2cnn(C)c2)CC1.Cl. The van der Waals surface area contributed by atoms with Crippen LogP contribution in [0.2, 0.25) is 0 Å². The van der Waals surface area contributed by atoms with Gasteiger partial charge in [-0.15, -0.1) is 12.4 Å². The monoisotopic (exact) mass is 393 g/mol. The van der Waals surface area contributed by atoms with Gasteiger partial charge in [-0.05, 0) is 26.2 Å². The molecule has 1 aromatic rings. The van der Waals surface area contributed by atoms with E-state index in [9.17, 15) is 13.2 Å². The molecule has 1 aliphatic rings. The lowest BCUT2D eigenvalue weighted by Gasteiger charge is -2.33. The van der Waals surface area contributed by atoms with Crippen LogP contribution < -0.4 is 11.1 Å². The second kappa shape index (κ2) is 8.48. The third-order valence-electron chi connectivity index (χ3n) is 4.40. The molecule has 1 atom stereocenters. The highest BCUT2D eigenvalue weighted by Crippen LogP contribution is 2.21. The number of amides is 1. The van der Waals surface area contributed by atoms with Crippen molar-refractivity contribution >= 4 is 28.3 Å². The van der Waals surface area contributed by atoms with Gasteiger partial charge in [0.1, 0.15) is 4.90 Å². The smallest absolute Gasteiger partial charge is 0.246 e. The van der Waals surface area contributed by atoms with Crippen molar-refractivity contribution in [2.45, 2.75) is 56.0 Å². The van der Waals surface area contributed by atoms with Gasteiger partial charge in [-0.25, -0.2) is 8.42 Å². The molecule has 1 amide bonds. The van der Waals surface area contributed by atoms with Gasteiger partial charge in [0.15, 0.2) is 0 Å². The molecule has 25 heavy (non-hydrogen) atoms. The van der Waals surface area contributed by atoms with Gasteiger partial charge >= 0.3 is 0 Å². The fourth-order valence-electron chi connectivity index (χ4n) is 2.90. The summed E-state index contributed by atoms with van der Waals surface area (Å²) in [4.78, 5) is 12.4. The number of hydrogen-bond donors (Lipinski definition) is 2. The van der Waals surface area contributed by atoms with E-state index in [2.05, 4.69) is 10.4 Å². The number of piperidine rings is 1. The molecule has 2 rings (SSSR count). The zero-order chi connectivity index (χ0) is 18.0. The van der Waals surface area contributed by atoms with Gasteiger partial charge in [0.25, 0.3) is 0 Å². The van der Waals surface area contributed by atoms with E-state index in [-0.39, 0.29) is 29.3 Å². The minimum atomic E-state index is -3.52. The van der Waals surface area contributed by atoms with Crippen molar-refractivity contribution in [3.63, 3.8) is 0 Å². The predicted molar refractivity (Wildman–Crippen MR) is 97.9 cm³/mol. The zero-order valence-electron chi connectivity index (χ0n) is 14.9. The summed E-state index contributed by atoms with van der Waals surface area (Å²) in [7, 11) is -1.84. The third kappa shape index (κ3) is 5.16. The lowest BCUT2D eigenvalue weighted by molar-refractivity contribution is -0.127. The van der Waals surface area contributed by atoms with Crippen LogP contribution >= 0.6 is 12.4 Å². The van der Waals surface area contributed by atoms with Crippen molar-refractivity contribution in [2.24, 2.45) is 12.8 Å². The number of hydrogen-bond acceptors (Lipinski definition) is 5. The van der Waals surface area contributed by atoms with Crippen molar-refractivity contribution < 1.29 is 13.2 Å². The van der Waals surface area contributed by atoms with E-state index < -0.39 is 15.6 Å². The second-order valence-electron chi connectivity index (χ2n) is 6.67. The van der Waals surface area contributed by atoms with Crippen LogP contribution in [-0.2, 0) is 21.9 Å². The maximum absolute atomic E-state index is 12.5. The lowest BCUT2D eigenvalue weighted by atomic mass is 9.95. The first kappa shape index (κ1) is 21.9. The van der Waals surface area contributed by atoms with E-state index in [0.29, 0.717) is 32.4 Å². The molecule has 0 aromatic carbocycles. The zero-order valence-corrected chi connectivity index (χ0v) is 16.6. The fraction of sp³-hybridized carbons (Fsp3) is 0.733. The van der Waals surface area contributed by atoms with Crippen LogP contribution in [-0.4, -0.2) is 53.1 Å². The number of carbonyl (C=O) groups excluding carboxylic acids is 1. The van der Waals surface area contributed by atoms with Crippen LogP contribution in [0.1, 0.15) is 39.5 Å². The average Bonchev–Trinajstić information content (AvgIpc) is 2.95. The highest BCUT2D eigenvalue weighted by molar-refractivity contribution is 7.89. The number of aryl methyl sites for hydroxylation is 1. The van der Waals surface area contributed by atoms with Crippen molar-refractivity contribution in [3.8, 4) is 0 Å². The van der Waals surface area contributed by atoms with Crippen LogP contribution in [0, 0.1) is 0 Å². The van der Waals surface area contributed by atoms with E-state index in [0.717, 1.165) is 6.42 Å². The Kier molecular flexibility index (Phi) is 7.42. The number of halogens is 1. The number of nitrogens with zero attached hydrogens (tertiary/aromatic N) is 3. The first-order valence-corrected chi connectivity index (χ1v) is 9.69. The highest BCUT2D eigenvalue weighted by atomic mass is 35.5. The minimum absolute atomic E-state index is 0. The molecule has 2 heterocycles. The number of rotatable bonds is 6. The van der Waals surface area contributed by atoms with Gasteiger partial charge in [0.2, 0.25) is 15.9 Å². The Hall–Kier alpha value is -1.16. The Morgan fingerprint density at radius 1 is 1.44 bits per heavy atom. The van der Waals surface area contributed by atoms with E-state index in [1.165, 1.54) is 21.4 Å². The summed E-state index contributed by atoms with van der Waals surface area (Å²) >= 11 is 0. The number of carbonyl (C=O) groups is 1. The predicted octanol–water partition coefficient (Wildman–Crippen LogP) is 0.629. The topological polar surface area (TPSA) is 110 Å². The van der Waals surface area contributed by atoms with Gasteiger partial charge in [0, 0.05) is 32.4 Å². The molecular weight excluding hydrogens is 366 g/mol. The van der Waals surface area contributed by atoms with Crippen molar-refractivity contribution in [1.29, 1.82) is 0 Å². The Bertz CT molecular complexity index is 681. The second-order valence-corrected chi connectivity index (χ2v) is 8.61. The normalized spacial score (nSPS) is 19.0. The van der Waals surface area contributed by atoms with E-state index in [4.69, 9.17) is 5.73 Å². The molecule has 0 bridgehead atoms. The molecule has 0 saturated carbocycles. The first-order valence-electron chi connectivity index (χ1n) is 8.25. The van der Waals surface area contributed by atoms with Gasteiger partial charge in [-0.3, -0.25) is 9.48 Å². The van der Waals surface area contributed by atoms with Crippen LogP contribution in [0.5, 0.6) is 0 Å². The minimum Gasteiger partial charge on any atom is -0.352 e. The first-order chi connectivity index (χ1) is 11.2. The van der Waals surface area contributed by atoms with Gasteiger partial charge < -0.3 is 11.1 Å². The lowest BCUT2D eigenvalue weighted by Crippen LogP contribution is -2.56. The molecule has 0 aliphatic carbocycles. The van der Waals surface area contributed by atoms with E-state index >= 15 is 0 Å². The van der Waals surface area contributed by atoms with E-state index in [1.54, 1.807) is 14.0 Å². The molecule has 1 fully saturated rings. The Balaban J connectivity index is 0.00000312. The quantitative estimate of drug-likeness (QED) is 0.736. The van der Waals surface area contributed by atoms with Crippen molar-refractivity contribution in [3.05, 3.63) is 12.4 Å². The maximum Gasteiger partial charge on any atom is 0.246 e. The van der Waals surface area contributed by atoms with Crippen molar-refractivity contribution in [1.82, 2.24) is 19.4 Å². The van der Waals surface area contributed by atoms with Crippen LogP contribution in [0.15, 0.2) is 17.3 Å². The highest BCUT2D eigenvalue weighted by Gasteiger charge is 2.33. The summed E-state index contributed by atoms with van der Waals surface area (Å²) in [5.74, 6) is -0.169. The largest absolute Gasteiger partial charge is 0.352 e. The maximum atomic E-state index is 12.5. The molecule has 8 nitrogen and oxygen atoms in total. The molecule has 0 radical (unpaired) electrons. The summed E-state index contributed by atoms with van der Waals surface area (Å²) in [6.07, 6.45) is 5.46. The van der Waals surface area contributed by atoms with Crippen LogP contribution in [0.4, 0.5) is 0 Å². The van der Waals surface area contributed by atoms with Gasteiger partial charge in [-0.2, -0.15) is 9.40 Å². The Morgan fingerprint density at radius 2 is 2.04 bits per heavy atom. The number of nitrogens with two attached hydrogens (primary N) is 1.